The summed E-state index contributed by atoms with van der Waals surface area (Å²) in [5.41, 5.74) is 4.61. The lowest BCUT2D eigenvalue weighted by Crippen LogP contribution is -1.90. The molecule has 0 amide bonds. The van der Waals surface area contributed by atoms with E-state index in [2.05, 4.69) is 37.0 Å². The SMILES string of the molecule is CCc1cccc(CC)c1N=Cc1ccccc1Cl. The van der Waals surface area contributed by atoms with Gasteiger partial charge in [-0.15, -0.1) is 0 Å². The van der Waals surface area contributed by atoms with Crippen molar-refractivity contribution < 1.29 is 0 Å². The second kappa shape index (κ2) is 6.53. The zero-order valence-electron chi connectivity index (χ0n) is 11.4. The van der Waals surface area contributed by atoms with Gasteiger partial charge in [0.1, 0.15) is 0 Å². The smallest absolute Gasteiger partial charge is 0.0693 e. The molecule has 0 aliphatic carbocycles. The number of hydrogen-bond acceptors (Lipinski definition) is 1. The van der Waals surface area contributed by atoms with Crippen LogP contribution in [0.15, 0.2) is 47.5 Å². The first-order valence-electron chi connectivity index (χ1n) is 6.65. The number of hydrogen-bond donors (Lipinski definition) is 0. The van der Waals surface area contributed by atoms with E-state index in [1.165, 1.54) is 11.1 Å². The van der Waals surface area contributed by atoms with Gasteiger partial charge in [0.15, 0.2) is 0 Å². The second-order valence-corrected chi connectivity index (χ2v) is 4.82. The molecule has 0 aromatic heterocycles. The van der Waals surface area contributed by atoms with Gasteiger partial charge in [-0.25, -0.2) is 0 Å². The summed E-state index contributed by atoms with van der Waals surface area (Å²) in [6, 6.07) is 14.1. The Kier molecular flexibility index (Phi) is 4.75. The van der Waals surface area contributed by atoms with E-state index in [0.717, 1.165) is 29.1 Å². The van der Waals surface area contributed by atoms with E-state index in [1.807, 2.05) is 30.5 Å². The lowest BCUT2D eigenvalue weighted by Gasteiger charge is -2.08. The van der Waals surface area contributed by atoms with Gasteiger partial charge in [-0.05, 0) is 30.0 Å². The summed E-state index contributed by atoms with van der Waals surface area (Å²) in [4.78, 5) is 4.67. The van der Waals surface area contributed by atoms with Crippen molar-refractivity contribution in [2.24, 2.45) is 4.99 Å². The van der Waals surface area contributed by atoms with Crippen molar-refractivity contribution in [3.05, 3.63) is 64.2 Å². The first-order chi connectivity index (χ1) is 9.26. The Bertz CT molecular complexity index is 565. The van der Waals surface area contributed by atoms with Crippen LogP contribution in [-0.4, -0.2) is 6.21 Å². The molecule has 0 fully saturated rings. The third-order valence-corrected chi connectivity index (χ3v) is 3.55. The molecule has 19 heavy (non-hydrogen) atoms. The molecule has 98 valence electrons. The Morgan fingerprint density at radius 2 is 1.58 bits per heavy atom. The fourth-order valence-electron chi connectivity index (χ4n) is 2.09. The summed E-state index contributed by atoms with van der Waals surface area (Å²) in [6.07, 6.45) is 3.84. The highest BCUT2D eigenvalue weighted by atomic mass is 35.5. The van der Waals surface area contributed by atoms with E-state index in [-0.39, 0.29) is 0 Å². The van der Waals surface area contributed by atoms with Gasteiger partial charge in [-0.2, -0.15) is 0 Å². The molecule has 0 heterocycles. The van der Waals surface area contributed by atoms with E-state index in [0.29, 0.717) is 0 Å². The van der Waals surface area contributed by atoms with Crippen LogP contribution < -0.4 is 0 Å². The summed E-state index contributed by atoms with van der Waals surface area (Å²) in [6.45, 7) is 4.31. The molecule has 2 heteroatoms. The van der Waals surface area contributed by atoms with Gasteiger partial charge >= 0.3 is 0 Å². The van der Waals surface area contributed by atoms with Gasteiger partial charge in [0.25, 0.3) is 0 Å². The predicted molar refractivity (Wildman–Crippen MR) is 83.9 cm³/mol. The molecular weight excluding hydrogens is 254 g/mol. The fraction of sp³-hybridized carbons (Fsp3) is 0.235. The van der Waals surface area contributed by atoms with Gasteiger partial charge < -0.3 is 0 Å². The molecule has 0 saturated heterocycles. The number of aryl methyl sites for hydroxylation is 2. The van der Waals surface area contributed by atoms with Crippen LogP contribution in [0.2, 0.25) is 5.02 Å². The van der Waals surface area contributed by atoms with E-state index < -0.39 is 0 Å². The topological polar surface area (TPSA) is 12.4 Å². The average Bonchev–Trinajstić information content (AvgIpc) is 2.46. The van der Waals surface area contributed by atoms with Crippen LogP contribution in [0.25, 0.3) is 0 Å². The quantitative estimate of drug-likeness (QED) is 0.677. The molecule has 0 atom stereocenters. The fourth-order valence-corrected chi connectivity index (χ4v) is 2.28. The number of rotatable bonds is 4. The summed E-state index contributed by atoms with van der Waals surface area (Å²) in [5.74, 6) is 0. The van der Waals surface area contributed by atoms with Crippen molar-refractivity contribution in [1.29, 1.82) is 0 Å². The lowest BCUT2D eigenvalue weighted by molar-refractivity contribution is 1.08. The largest absolute Gasteiger partial charge is 0.256 e. The number of nitrogens with zero attached hydrogens (tertiary/aromatic N) is 1. The van der Waals surface area contributed by atoms with Crippen LogP contribution in [-0.2, 0) is 12.8 Å². The number of benzene rings is 2. The summed E-state index contributed by atoms with van der Waals surface area (Å²) >= 11 is 6.15. The molecule has 0 spiro atoms. The van der Waals surface area contributed by atoms with Crippen LogP contribution in [0.1, 0.15) is 30.5 Å². The van der Waals surface area contributed by atoms with Crippen LogP contribution in [0, 0.1) is 0 Å². The van der Waals surface area contributed by atoms with Crippen molar-refractivity contribution >= 4 is 23.5 Å². The first-order valence-corrected chi connectivity index (χ1v) is 7.03. The van der Waals surface area contributed by atoms with Crippen molar-refractivity contribution in [1.82, 2.24) is 0 Å². The Morgan fingerprint density at radius 3 is 2.16 bits per heavy atom. The van der Waals surface area contributed by atoms with Crippen LogP contribution in [0.4, 0.5) is 5.69 Å². The molecule has 0 N–H and O–H groups in total. The third-order valence-electron chi connectivity index (χ3n) is 3.20. The van der Waals surface area contributed by atoms with Crippen LogP contribution in [0.5, 0.6) is 0 Å². The molecule has 0 aliphatic heterocycles. The van der Waals surface area contributed by atoms with E-state index in [4.69, 9.17) is 11.6 Å². The zero-order valence-corrected chi connectivity index (χ0v) is 12.1. The summed E-state index contributed by atoms with van der Waals surface area (Å²) < 4.78 is 0. The van der Waals surface area contributed by atoms with E-state index in [1.54, 1.807) is 0 Å². The zero-order chi connectivity index (χ0) is 13.7. The molecule has 0 aliphatic rings. The van der Waals surface area contributed by atoms with Gasteiger partial charge in [-0.1, -0.05) is 61.8 Å². The molecule has 2 rings (SSSR count). The van der Waals surface area contributed by atoms with Crippen molar-refractivity contribution in [2.45, 2.75) is 26.7 Å². The standard InChI is InChI=1S/C17H18ClN/c1-3-13-9-7-10-14(4-2)17(13)19-12-15-8-5-6-11-16(15)18/h5-12H,3-4H2,1-2H3. The summed E-state index contributed by atoms with van der Waals surface area (Å²) in [5, 5.41) is 0.735. The monoisotopic (exact) mass is 271 g/mol. The Morgan fingerprint density at radius 1 is 0.947 bits per heavy atom. The highest BCUT2D eigenvalue weighted by Crippen LogP contribution is 2.26. The van der Waals surface area contributed by atoms with Crippen molar-refractivity contribution in [3.63, 3.8) is 0 Å². The third kappa shape index (κ3) is 3.24. The molecular formula is C17H18ClN. The first kappa shape index (κ1) is 13.8. The molecule has 2 aromatic rings. The van der Waals surface area contributed by atoms with Gasteiger partial charge in [-0.3, -0.25) is 4.99 Å². The highest BCUT2D eigenvalue weighted by Gasteiger charge is 2.04. The molecule has 2 aromatic carbocycles. The van der Waals surface area contributed by atoms with Gasteiger partial charge in [0, 0.05) is 16.8 Å². The molecule has 0 radical (unpaired) electrons. The Hall–Kier alpha value is -1.60. The van der Waals surface area contributed by atoms with Crippen LogP contribution >= 0.6 is 11.6 Å². The van der Waals surface area contributed by atoms with E-state index >= 15 is 0 Å². The Labute approximate surface area is 120 Å². The molecule has 0 unspecified atom stereocenters. The molecule has 1 nitrogen and oxygen atoms in total. The maximum Gasteiger partial charge on any atom is 0.0693 e. The maximum absolute atomic E-state index is 6.15. The number of halogens is 1. The number of aliphatic imine (C=N–C) groups is 1. The Balaban J connectivity index is 2.40. The minimum absolute atomic E-state index is 0.735. The minimum atomic E-state index is 0.735. The summed E-state index contributed by atoms with van der Waals surface area (Å²) in [7, 11) is 0. The average molecular weight is 272 g/mol. The van der Waals surface area contributed by atoms with Crippen molar-refractivity contribution in [3.8, 4) is 0 Å². The van der Waals surface area contributed by atoms with Gasteiger partial charge in [0.2, 0.25) is 0 Å². The number of para-hydroxylation sites is 1. The minimum Gasteiger partial charge on any atom is -0.256 e. The normalized spacial score (nSPS) is 11.1. The van der Waals surface area contributed by atoms with E-state index in [9.17, 15) is 0 Å². The predicted octanol–water partition coefficient (Wildman–Crippen LogP) is 5.22. The van der Waals surface area contributed by atoms with Crippen molar-refractivity contribution in [2.75, 3.05) is 0 Å². The van der Waals surface area contributed by atoms with Crippen LogP contribution in [0.3, 0.4) is 0 Å². The molecule has 0 saturated carbocycles. The highest BCUT2D eigenvalue weighted by molar-refractivity contribution is 6.33. The van der Waals surface area contributed by atoms with Gasteiger partial charge in [0.05, 0.1) is 5.69 Å². The maximum atomic E-state index is 6.15. The lowest BCUT2D eigenvalue weighted by atomic mass is 10.0. The second-order valence-electron chi connectivity index (χ2n) is 4.41. The molecule has 0 bridgehead atoms.